The minimum atomic E-state index is -0.354. The SMILES string of the molecule is Cc1cc(C)cc(NC(=O)c2c(N)n(/N=C\c3cccs3)c3nc4ccccc4nc23)c1. The van der Waals surface area contributed by atoms with Gasteiger partial charge in [-0.3, -0.25) is 4.79 Å². The third-order valence-corrected chi connectivity index (χ3v) is 5.83. The number of nitrogens with one attached hydrogen (secondary N) is 1. The van der Waals surface area contributed by atoms with Gasteiger partial charge < -0.3 is 11.1 Å². The average molecular weight is 441 g/mol. The van der Waals surface area contributed by atoms with Gasteiger partial charge in [0.2, 0.25) is 0 Å². The van der Waals surface area contributed by atoms with Gasteiger partial charge in [0.1, 0.15) is 16.9 Å². The number of nitrogens with zero attached hydrogens (tertiary/aromatic N) is 4. The molecule has 1 amide bonds. The minimum absolute atomic E-state index is 0.185. The summed E-state index contributed by atoms with van der Waals surface area (Å²) in [7, 11) is 0. The third-order valence-electron chi connectivity index (χ3n) is 5.02. The normalized spacial score (nSPS) is 11.6. The van der Waals surface area contributed by atoms with Gasteiger partial charge >= 0.3 is 0 Å². The summed E-state index contributed by atoms with van der Waals surface area (Å²) in [5, 5.41) is 9.44. The standard InChI is InChI=1S/C24H20N6OS/c1-14-10-15(2)12-16(11-14)27-24(31)20-21-23(29-19-8-4-3-7-18(19)28-21)30(22(20)25)26-13-17-6-5-9-32-17/h3-13H,25H2,1-2H3,(H,27,31)/b26-13-. The van der Waals surface area contributed by atoms with E-state index in [0.717, 1.165) is 16.0 Å². The summed E-state index contributed by atoms with van der Waals surface area (Å²) >= 11 is 1.55. The van der Waals surface area contributed by atoms with Crippen LogP contribution in [0.5, 0.6) is 0 Å². The van der Waals surface area contributed by atoms with Crippen LogP contribution >= 0.6 is 11.3 Å². The largest absolute Gasteiger partial charge is 0.383 e. The van der Waals surface area contributed by atoms with E-state index in [1.54, 1.807) is 17.6 Å². The topological polar surface area (TPSA) is 98.2 Å². The quantitative estimate of drug-likeness (QED) is 0.385. The van der Waals surface area contributed by atoms with E-state index in [-0.39, 0.29) is 17.3 Å². The van der Waals surface area contributed by atoms with Crippen molar-refractivity contribution in [3.8, 4) is 0 Å². The van der Waals surface area contributed by atoms with Gasteiger partial charge in [-0.15, -0.1) is 11.3 Å². The second-order valence-electron chi connectivity index (χ2n) is 7.55. The number of aromatic nitrogens is 3. The van der Waals surface area contributed by atoms with E-state index in [1.807, 2.05) is 73.8 Å². The first-order valence-electron chi connectivity index (χ1n) is 10.0. The van der Waals surface area contributed by atoms with E-state index in [4.69, 9.17) is 15.7 Å². The number of fused-ring (bicyclic) bond motifs is 2. The van der Waals surface area contributed by atoms with Crippen LogP contribution in [-0.4, -0.2) is 26.8 Å². The van der Waals surface area contributed by atoms with E-state index in [0.29, 0.717) is 27.9 Å². The molecular formula is C24H20N6OS. The predicted molar refractivity (Wildman–Crippen MR) is 131 cm³/mol. The summed E-state index contributed by atoms with van der Waals surface area (Å²) in [5.41, 5.74) is 11.7. The molecular weight excluding hydrogens is 420 g/mol. The Morgan fingerprint density at radius 2 is 1.78 bits per heavy atom. The molecule has 0 aliphatic carbocycles. The predicted octanol–water partition coefficient (Wildman–Crippen LogP) is 4.98. The maximum Gasteiger partial charge on any atom is 0.261 e. The van der Waals surface area contributed by atoms with Crippen molar-refractivity contribution in [2.45, 2.75) is 13.8 Å². The second-order valence-corrected chi connectivity index (χ2v) is 8.53. The first-order chi connectivity index (χ1) is 15.5. The molecule has 3 heterocycles. The number of nitrogen functional groups attached to an aromatic ring is 1. The fraction of sp³-hybridized carbons (Fsp3) is 0.0833. The molecule has 0 aliphatic rings. The maximum atomic E-state index is 13.3. The fourth-order valence-electron chi connectivity index (χ4n) is 3.71. The summed E-state index contributed by atoms with van der Waals surface area (Å²) in [4.78, 5) is 23.7. The Bertz CT molecular complexity index is 1480. The molecule has 0 saturated carbocycles. The van der Waals surface area contributed by atoms with E-state index in [2.05, 4.69) is 10.4 Å². The van der Waals surface area contributed by atoms with Gasteiger partial charge in [-0.05, 0) is 60.7 Å². The zero-order valence-electron chi connectivity index (χ0n) is 17.5. The number of nitrogens with two attached hydrogens (primary N) is 1. The number of carbonyl (C=O) groups is 1. The lowest BCUT2D eigenvalue weighted by Crippen LogP contribution is -2.14. The Morgan fingerprint density at radius 1 is 1.06 bits per heavy atom. The van der Waals surface area contributed by atoms with E-state index >= 15 is 0 Å². The summed E-state index contributed by atoms with van der Waals surface area (Å²) < 4.78 is 1.48. The molecule has 8 heteroatoms. The highest BCUT2D eigenvalue weighted by Crippen LogP contribution is 2.29. The molecule has 3 aromatic heterocycles. The zero-order chi connectivity index (χ0) is 22.2. The Balaban J connectivity index is 1.67. The number of rotatable bonds is 4. The fourth-order valence-corrected chi connectivity index (χ4v) is 4.29. The van der Waals surface area contributed by atoms with Crippen LogP contribution in [0.25, 0.3) is 22.2 Å². The molecule has 5 aromatic rings. The van der Waals surface area contributed by atoms with Crippen molar-refractivity contribution in [2.24, 2.45) is 5.10 Å². The number of carbonyl (C=O) groups excluding carboxylic acids is 1. The minimum Gasteiger partial charge on any atom is -0.383 e. The highest BCUT2D eigenvalue weighted by molar-refractivity contribution is 7.11. The van der Waals surface area contributed by atoms with Crippen molar-refractivity contribution < 1.29 is 4.79 Å². The monoisotopic (exact) mass is 440 g/mol. The Kier molecular flexibility index (Phi) is 4.91. The van der Waals surface area contributed by atoms with Gasteiger partial charge in [-0.25, -0.2) is 9.97 Å². The summed E-state index contributed by atoms with van der Waals surface area (Å²) in [5.74, 6) is -0.169. The van der Waals surface area contributed by atoms with Crippen LogP contribution < -0.4 is 11.1 Å². The van der Waals surface area contributed by atoms with Crippen molar-refractivity contribution >= 4 is 57.2 Å². The number of thiophene rings is 1. The zero-order valence-corrected chi connectivity index (χ0v) is 18.4. The molecule has 158 valence electrons. The van der Waals surface area contributed by atoms with E-state index in [9.17, 15) is 4.79 Å². The molecule has 32 heavy (non-hydrogen) atoms. The number of para-hydroxylation sites is 2. The van der Waals surface area contributed by atoms with Gasteiger partial charge in [0.25, 0.3) is 5.91 Å². The summed E-state index contributed by atoms with van der Waals surface area (Å²) in [6.45, 7) is 3.97. The number of amides is 1. The van der Waals surface area contributed by atoms with Crippen molar-refractivity contribution in [2.75, 3.05) is 11.1 Å². The van der Waals surface area contributed by atoms with Crippen LogP contribution in [0.4, 0.5) is 11.5 Å². The molecule has 2 aromatic carbocycles. The van der Waals surface area contributed by atoms with E-state index < -0.39 is 0 Å². The molecule has 0 fully saturated rings. The molecule has 0 radical (unpaired) electrons. The summed E-state index contributed by atoms with van der Waals surface area (Å²) in [6, 6.07) is 17.3. The lowest BCUT2D eigenvalue weighted by Gasteiger charge is -2.07. The number of anilines is 2. The van der Waals surface area contributed by atoms with Crippen molar-refractivity contribution in [3.63, 3.8) is 0 Å². The Hall–Kier alpha value is -4.04. The number of benzene rings is 2. The first kappa shape index (κ1) is 19.9. The summed E-state index contributed by atoms with van der Waals surface area (Å²) in [6.07, 6.45) is 1.70. The van der Waals surface area contributed by atoms with Crippen LogP contribution in [0.3, 0.4) is 0 Å². The van der Waals surface area contributed by atoms with Gasteiger partial charge in [0.05, 0.1) is 17.2 Å². The molecule has 0 atom stereocenters. The van der Waals surface area contributed by atoms with Gasteiger partial charge in [-0.1, -0.05) is 24.3 Å². The first-order valence-corrected chi connectivity index (χ1v) is 10.9. The van der Waals surface area contributed by atoms with Crippen molar-refractivity contribution in [1.29, 1.82) is 0 Å². The molecule has 0 unspecified atom stereocenters. The smallest absolute Gasteiger partial charge is 0.261 e. The van der Waals surface area contributed by atoms with Gasteiger partial charge in [0, 0.05) is 10.6 Å². The van der Waals surface area contributed by atoms with Crippen LogP contribution in [0.2, 0.25) is 0 Å². The molecule has 7 nitrogen and oxygen atoms in total. The Morgan fingerprint density at radius 3 is 2.47 bits per heavy atom. The van der Waals surface area contributed by atoms with Gasteiger partial charge in [0.15, 0.2) is 5.65 Å². The van der Waals surface area contributed by atoms with Crippen LogP contribution in [0.15, 0.2) is 65.1 Å². The maximum absolute atomic E-state index is 13.3. The number of aryl methyl sites for hydroxylation is 2. The average Bonchev–Trinajstić information content (AvgIpc) is 3.35. The lowest BCUT2D eigenvalue weighted by atomic mass is 10.1. The van der Waals surface area contributed by atoms with Crippen LogP contribution in [0, 0.1) is 13.8 Å². The molecule has 0 spiro atoms. The molecule has 5 rings (SSSR count). The molecule has 0 saturated heterocycles. The number of hydrogen-bond acceptors (Lipinski definition) is 6. The second kappa shape index (κ2) is 7.90. The molecule has 0 aliphatic heterocycles. The van der Waals surface area contributed by atoms with Crippen LogP contribution in [-0.2, 0) is 0 Å². The van der Waals surface area contributed by atoms with E-state index in [1.165, 1.54) is 4.68 Å². The van der Waals surface area contributed by atoms with Crippen LogP contribution in [0.1, 0.15) is 26.4 Å². The Labute approximate surface area is 188 Å². The number of hydrogen-bond donors (Lipinski definition) is 2. The molecule has 3 N–H and O–H groups in total. The highest BCUT2D eigenvalue weighted by Gasteiger charge is 2.24. The third kappa shape index (κ3) is 3.61. The van der Waals surface area contributed by atoms with Gasteiger partial charge in [-0.2, -0.15) is 9.78 Å². The lowest BCUT2D eigenvalue weighted by molar-refractivity contribution is 0.102. The van der Waals surface area contributed by atoms with Crippen molar-refractivity contribution in [1.82, 2.24) is 14.6 Å². The highest BCUT2D eigenvalue weighted by atomic mass is 32.1. The van der Waals surface area contributed by atoms with Crippen molar-refractivity contribution in [3.05, 3.63) is 81.5 Å². The molecule has 0 bridgehead atoms.